The lowest BCUT2D eigenvalue weighted by Crippen LogP contribution is -2.02. The smallest absolute Gasteiger partial charge is 0.139 e. The van der Waals surface area contributed by atoms with E-state index in [1.807, 2.05) is 48.5 Å². The molecule has 4 heteroatoms. The van der Waals surface area contributed by atoms with Gasteiger partial charge in [0.2, 0.25) is 0 Å². The molecule has 3 nitrogen and oxygen atoms in total. The van der Waals surface area contributed by atoms with Gasteiger partial charge in [-0.25, -0.2) is 0 Å². The Balaban J connectivity index is 1.91. The number of methoxy groups -OCH3 is 1. The fourth-order valence-electron chi connectivity index (χ4n) is 2.32. The molecule has 0 unspecified atom stereocenters. The molecule has 0 aliphatic heterocycles. The number of hydrogen-bond acceptors (Lipinski definition) is 3. The number of ether oxygens (including phenoxy) is 2. The van der Waals surface area contributed by atoms with Crippen molar-refractivity contribution in [3.8, 4) is 17.1 Å². The first kappa shape index (κ1) is 15.1. The largest absolute Gasteiger partial charge is 0.493 e. The molecule has 0 bridgehead atoms. The third-order valence-corrected chi connectivity index (χ3v) is 3.88. The van der Waals surface area contributed by atoms with Gasteiger partial charge >= 0.3 is 0 Å². The third kappa shape index (κ3) is 3.34. The van der Waals surface area contributed by atoms with E-state index < -0.39 is 0 Å². The maximum atomic E-state index is 5.94. The van der Waals surface area contributed by atoms with Crippen LogP contribution in [0.5, 0.6) is 5.75 Å². The Bertz CT molecular complexity index is 731. The lowest BCUT2D eigenvalue weighted by Gasteiger charge is -2.10. The Labute approximate surface area is 138 Å². The van der Waals surface area contributed by atoms with Crippen LogP contribution in [0, 0.1) is 0 Å². The molecule has 0 aliphatic carbocycles. The maximum Gasteiger partial charge on any atom is 0.139 e. The lowest BCUT2D eigenvalue weighted by molar-refractivity contribution is 0.172. The zero-order valence-corrected chi connectivity index (χ0v) is 13.9. The van der Waals surface area contributed by atoms with E-state index in [1.165, 1.54) is 0 Å². The van der Waals surface area contributed by atoms with Gasteiger partial charge in [0.15, 0.2) is 0 Å². The van der Waals surface area contributed by atoms with Gasteiger partial charge in [0.1, 0.15) is 17.1 Å². The first-order chi connectivity index (χ1) is 10.8. The highest BCUT2D eigenvalue weighted by molar-refractivity contribution is 9.10. The Kier molecular flexibility index (Phi) is 4.80. The van der Waals surface area contributed by atoms with Crippen molar-refractivity contribution in [2.45, 2.75) is 6.42 Å². The summed E-state index contributed by atoms with van der Waals surface area (Å²) in [6, 6.07) is 16.0. The first-order valence-electron chi connectivity index (χ1n) is 7.18. The number of halogens is 1. The minimum Gasteiger partial charge on any atom is -0.493 e. The van der Waals surface area contributed by atoms with Gasteiger partial charge < -0.3 is 13.9 Å². The van der Waals surface area contributed by atoms with Crippen molar-refractivity contribution in [1.82, 2.24) is 0 Å². The molecule has 2 aromatic carbocycles. The molecule has 0 saturated heterocycles. The van der Waals surface area contributed by atoms with Crippen molar-refractivity contribution in [3.63, 3.8) is 0 Å². The highest BCUT2D eigenvalue weighted by Crippen LogP contribution is 2.36. The second-order valence-electron chi connectivity index (χ2n) is 4.98. The lowest BCUT2D eigenvalue weighted by atomic mass is 10.1. The van der Waals surface area contributed by atoms with Gasteiger partial charge in [0.05, 0.1) is 12.2 Å². The van der Waals surface area contributed by atoms with Crippen molar-refractivity contribution < 1.29 is 13.9 Å². The maximum absolute atomic E-state index is 5.94. The monoisotopic (exact) mass is 360 g/mol. The van der Waals surface area contributed by atoms with E-state index in [9.17, 15) is 0 Å². The SMILES string of the molecule is COCCCOc1cc(Br)ccc1-c1cc2ccccc2o1. The summed E-state index contributed by atoms with van der Waals surface area (Å²) in [6.07, 6.45) is 0.850. The first-order valence-corrected chi connectivity index (χ1v) is 7.97. The van der Waals surface area contributed by atoms with Gasteiger partial charge in [-0.2, -0.15) is 0 Å². The quantitative estimate of drug-likeness (QED) is 0.560. The summed E-state index contributed by atoms with van der Waals surface area (Å²) in [7, 11) is 1.69. The molecule has 3 rings (SSSR count). The van der Waals surface area contributed by atoms with Gasteiger partial charge in [-0.05, 0) is 30.3 Å². The molecular formula is C18H17BrO3. The van der Waals surface area contributed by atoms with Crippen LogP contribution in [-0.2, 0) is 4.74 Å². The van der Waals surface area contributed by atoms with E-state index in [4.69, 9.17) is 13.9 Å². The van der Waals surface area contributed by atoms with Crippen LogP contribution in [0.2, 0.25) is 0 Å². The molecule has 0 N–H and O–H groups in total. The topological polar surface area (TPSA) is 31.6 Å². The Morgan fingerprint density at radius 2 is 1.91 bits per heavy atom. The molecule has 0 fully saturated rings. The second kappa shape index (κ2) is 6.99. The van der Waals surface area contributed by atoms with E-state index in [0.29, 0.717) is 13.2 Å². The standard InChI is InChI=1S/C18H17BrO3/c1-20-9-4-10-21-17-12-14(19)7-8-15(17)18-11-13-5-2-3-6-16(13)22-18/h2-3,5-8,11-12H,4,9-10H2,1H3. The molecule has 22 heavy (non-hydrogen) atoms. The van der Waals surface area contributed by atoms with Crippen molar-refractivity contribution in [1.29, 1.82) is 0 Å². The van der Waals surface area contributed by atoms with Crippen molar-refractivity contribution in [2.24, 2.45) is 0 Å². The molecular weight excluding hydrogens is 344 g/mol. The van der Waals surface area contributed by atoms with Crippen LogP contribution in [0.1, 0.15) is 6.42 Å². The average Bonchev–Trinajstić information content (AvgIpc) is 2.95. The van der Waals surface area contributed by atoms with E-state index in [-0.39, 0.29) is 0 Å². The zero-order valence-electron chi connectivity index (χ0n) is 12.3. The molecule has 0 saturated carbocycles. The minimum atomic E-state index is 0.609. The van der Waals surface area contributed by atoms with E-state index in [1.54, 1.807) is 7.11 Å². The van der Waals surface area contributed by atoms with Crippen LogP contribution < -0.4 is 4.74 Å². The van der Waals surface area contributed by atoms with Crippen LogP contribution in [0.3, 0.4) is 0 Å². The van der Waals surface area contributed by atoms with E-state index >= 15 is 0 Å². The Morgan fingerprint density at radius 1 is 1.05 bits per heavy atom. The van der Waals surface area contributed by atoms with Gasteiger partial charge in [0.25, 0.3) is 0 Å². The van der Waals surface area contributed by atoms with Crippen LogP contribution in [0.25, 0.3) is 22.3 Å². The summed E-state index contributed by atoms with van der Waals surface area (Å²) in [6.45, 7) is 1.30. The second-order valence-corrected chi connectivity index (χ2v) is 5.90. The summed E-state index contributed by atoms with van der Waals surface area (Å²) >= 11 is 3.49. The van der Waals surface area contributed by atoms with Crippen molar-refractivity contribution in [2.75, 3.05) is 20.3 Å². The summed E-state index contributed by atoms with van der Waals surface area (Å²) in [5, 5.41) is 1.09. The van der Waals surface area contributed by atoms with Crippen LogP contribution >= 0.6 is 15.9 Å². The predicted molar refractivity (Wildman–Crippen MR) is 91.3 cm³/mol. The number of benzene rings is 2. The summed E-state index contributed by atoms with van der Waals surface area (Å²) in [5.74, 6) is 1.62. The van der Waals surface area contributed by atoms with Crippen molar-refractivity contribution in [3.05, 3.63) is 53.0 Å². The summed E-state index contributed by atoms with van der Waals surface area (Å²) < 4.78 is 17.9. The Hall–Kier alpha value is -1.78. The molecule has 0 atom stereocenters. The highest BCUT2D eigenvalue weighted by atomic mass is 79.9. The van der Waals surface area contributed by atoms with Crippen molar-refractivity contribution >= 4 is 26.9 Å². The molecule has 0 radical (unpaired) electrons. The molecule has 0 spiro atoms. The molecule has 0 amide bonds. The normalized spacial score (nSPS) is 11.0. The molecule has 3 aromatic rings. The van der Waals surface area contributed by atoms with Crippen LogP contribution in [0.4, 0.5) is 0 Å². The molecule has 1 aromatic heterocycles. The fraction of sp³-hybridized carbons (Fsp3) is 0.222. The van der Waals surface area contributed by atoms with Crippen LogP contribution in [-0.4, -0.2) is 20.3 Å². The average molecular weight is 361 g/mol. The molecule has 0 aliphatic rings. The van der Waals surface area contributed by atoms with E-state index in [2.05, 4.69) is 15.9 Å². The van der Waals surface area contributed by atoms with Gasteiger partial charge in [-0.3, -0.25) is 0 Å². The van der Waals surface area contributed by atoms with E-state index in [0.717, 1.165) is 38.9 Å². The molecule has 1 heterocycles. The number of rotatable bonds is 6. The molecule has 114 valence electrons. The fourth-order valence-corrected chi connectivity index (χ4v) is 2.66. The Morgan fingerprint density at radius 3 is 2.73 bits per heavy atom. The van der Waals surface area contributed by atoms with Gasteiger partial charge in [0, 0.05) is 30.0 Å². The number of hydrogen-bond donors (Lipinski definition) is 0. The predicted octanol–water partition coefficient (Wildman–Crippen LogP) is 5.28. The number of fused-ring (bicyclic) bond motifs is 1. The number of para-hydroxylation sites is 1. The number of furan rings is 1. The van der Waals surface area contributed by atoms with Gasteiger partial charge in [-0.15, -0.1) is 0 Å². The summed E-state index contributed by atoms with van der Waals surface area (Å²) in [5.41, 5.74) is 1.84. The third-order valence-electron chi connectivity index (χ3n) is 3.39. The van der Waals surface area contributed by atoms with Gasteiger partial charge in [-0.1, -0.05) is 34.1 Å². The minimum absolute atomic E-state index is 0.609. The van der Waals surface area contributed by atoms with Crippen LogP contribution in [0.15, 0.2) is 57.4 Å². The highest BCUT2D eigenvalue weighted by Gasteiger charge is 2.12. The zero-order chi connectivity index (χ0) is 15.4. The summed E-state index contributed by atoms with van der Waals surface area (Å²) in [4.78, 5) is 0.